The number of nitrogens with one attached hydrogen (secondary N) is 3. The molecule has 0 atom stereocenters. The van der Waals surface area contributed by atoms with Gasteiger partial charge in [-0.1, -0.05) is 20.8 Å². The Kier molecular flexibility index (Phi) is 12.5. The Hall–Kier alpha value is -2.45. The van der Waals surface area contributed by atoms with Gasteiger partial charge in [0.15, 0.2) is 0 Å². The van der Waals surface area contributed by atoms with Crippen LogP contribution >= 0.6 is 0 Å². The Bertz CT molecular complexity index is 497. The summed E-state index contributed by atoms with van der Waals surface area (Å²) in [4.78, 5) is 36.2. The summed E-state index contributed by atoms with van der Waals surface area (Å²) in [5.41, 5.74) is 0.470. The molecule has 0 radical (unpaired) electrons. The van der Waals surface area contributed by atoms with Gasteiger partial charge in [-0.2, -0.15) is 0 Å². The van der Waals surface area contributed by atoms with Crippen molar-refractivity contribution in [1.82, 2.24) is 16.0 Å². The topological polar surface area (TPSA) is 128 Å². The molecule has 0 fully saturated rings. The lowest BCUT2D eigenvalue weighted by molar-refractivity contribution is 0.0944. The summed E-state index contributed by atoms with van der Waals surface area (Å²) in [6, 6.07) is 4.14. The number of aliphatic hydroxyl groups excluding tert-OH is 2. The summed E-state index contributed by atoms with van der Waals surface area (Å²) in [5.74, 6) is -1.37. The van der Waals surface area contributed by atoms with Crippen molar-refractivity contribution < 1.29 is 24.6 Å². The maximum Gasteiger partial charge on any atom is 0.251 e. The second-order valence-corrected chi connectivity index (χ2v) is 5.01. The Labute approximate surface area is 154 Å². The molecule has 1 rings (SSSR count). The van der Waals surface area contributed by atoms with E-state index in [0.29, 0.717) is 6.54 Å². The fourth-order valence-electron chi connectivity index (χ4n) is 1.90. The van der Waals surface area contributed by atoms with E-state index in [-0.39, 0.29) is 48.9 Å². The lowest BCUT2D eigenvalue weighted by Gasteiger charge is -2.10. The van der Waals surface area contributed by atoms with Crippen molar-refractivity contribution in [2.24, 2.45) is 0 Å². The summed E-state index contributed by atoms with van der Waals surface area (Å²) in [6.45, 7) is 6.09. The Balaban J connectivity index is 0.00000301. The molecule has 8 nitrogen and oxygen atoms in total. The van der Waals surface area contributed by atoms with Crippen molar-refractivity contribution in [3.63, 3.8) is 0 Å². The number of carbonyl (C=O) groups excluding carboxylic acids is 3. The predicted octanol–water partition coefficient (Wildman–Crippen LogP) is 0.297. The predicted molar refractivity (Wildman–Crippen MR) is 99.3 cm³/mol. The molecule has 8 heteroatoms. The van der Waals surface area contributed by atoms with Crippen LogP contribution in [-0.2, 0) is 0 Å². The van der Waals surface area contributed by atoms with E-state index in [0.717, 1.165) is 6.42 Å². The van der Waals surface area contributed by atoms with E-state index in [9.17, 15) is 14.4 Å². The van der Waals surface area contributed by atoms with Gasteiger partial charge in [0.05, 0.1) is 13.2 Å². The van der Waals surface area contributed by atoms with E-state index in [4.69, 9.17) is 10.2 Å². The van der Waals surface area contributed by atoms with Gasteiger partial charge in [-0.15, -0.1) is 0 Å². The second-order valence-electron chi connectivity index (χ2n) is 5.01. The number of rotatable bonds is 9. The van der Waals surface area contributed by atoms with E-state index in [1.165, 1.54) is 18.2 Å². The highest BCUT2D eigenvalue weighted by atomic mass is 16.3. The van der Waals surface area contributed by atoms with Crippen LogP contribution in [0.2, 0.25) is 0 Å². The molecule has 146 valence electrons. The van der Waals surface area contributed by atoms with Crippen LogP contribution in [0.4, 0.5) is 0 Å². The molecule has 0 spiro atoms. The van der Waals surface area contributed by atoms with E-state index in [1.54, 1.807) is 0 Å². The third kappa shape index (κ3) is 8.09. The Morgan fingerprint density at radius 3 is 1.31 bits per heavy atom. The van der Waals surface area contributed by atoms with Gasteiger partial charge in [0.1, 0.15) is 0 Å². The molecule has 0 saturated carbocycles. The minimum atomic E-state index is -0.495. The average molecular weight is 367 g/mol. The zero-order valence-electron chi connectivity index (χ0n) is 15.6. The van der Waals surface area contributed by atoms with Gasteiger partial charge < -0.3 is 26.2 Å². The van der Waals surface area contributed by atoms with Gasteiger partial charge in [0.25, 0.3) is 17.7 Å². The smallest absolute Gasteiger partial charge is 0.251 e. The molecule has 0 heterocycles. The third-order valence-electron chi connectivity index (χ3n) is 3.05. The molecule has 3 amide bonds. The van der Waals surface area contributed by atoms with Crippen LogP contribution < -0.4 is 16.0 Å². The van der Waals surface area contributed by atoms with Crippen molar-refractivity contribution >= 4 is 17.7 Å². The third-order valence-corrected chi connectivity index (χ3v) is 3.05. The monoisotopic (exact) mass is 367 g/mol. The molecular formula is C18H29N3O5. The van der Waals surface area contributed by atoms with Crippen LogP contribution in [0.1, 0.15) is 58.3 Å². The highest BCUT2D eigenvalue weighted by molar-refractivity contribution is 6.04. The summed E-state index contributed by atoms with van der Waals surface area (Å²) < 4.78 is 0. The number of hydrogen-bond acceptors (Lipinski definition) is 5. The number of benzene rings is 1. The van der Waals surface area contributed by atoms with Gasteiger partial charge in [-0.05, 0) is 24.6 Å². The average Bonchev–Trinajstić information content (AvgIpc) is 2.69. The van der Waals surface area contributed by atoms with Gasteiger partial charge in [0.2, 0.25) is 0 Å². The molecular weight excluding hydrogens is 338 g/mol. The quantitative estimate of drug-likeness (QED) is 0.429. The fourth-order valence-corrected chi connectivity index (χ4v) is 1.90. The number of aliphatic hydroxyl groups is 2. The molecule has 0 bridgehead atoms. The highest BCUT2D eigenvalue weighted by Crippen LogP contribution is 2.11. The van der Waals surface area contributed by atoms with Gasteiger partial charge >= 0.3 is 0 Å². The molecule has 0 aliphatic rings. The van der Waals surface area contributed by atoms with E-state index in [1.807, 2.05) is 20.8 Å². The standard InChI is InChI=1S/C16H23N3O5.C2H6/c1-2-3-17-14(22)11-8-12(15(23)18-4-6-20)10-13(9-11)16(24)19-5-7-21;1-2/h8-10,20-21H,2-7H2,1H3,(H,17,22)(H,18,23)(H,19,24);1-2H3. The van der Waals surface area contributed by atoms with Crippen LogP contribution in [0.15, 0.2) is 18.2 Å². The van der Waals surface area contributed by atoms with E-state index in [2.05, 4.69) is 16.0 Å². The molecule has 0 aliphatic carbocycles. The van der Waals surface area contributed by atoms with E-state index < -0.39 is 11.8 Å². The van der Waals surface area contributed by atoms with Crippen LogP contribution in [0, 0.1) is 0 Å². The first-order valence-corrected chi connectivity index (χ1v) is 8.74. The van der Waals surface area contributed by atoms with E-state index >= 15 is 0 Å². The van der Waals surface area contributed by atoms with Gasteiger partial charge in [-0.3, -0.25) is 14.4 Å². The van der Waals surface area contributed by atoms with Crippen molar-refractivity contribution in [2.75, 3.05) is 32.8 Å². The van der Waals surface area contributed by atoms with Crippen molar-refractivity contribution in [3.8, 4) is 0 Å². The summed E-state index contributed by atoms with van der Waals surface area (Å²) in [5, 5.41) is 25.2. The maximum atomic E-state index is 12.1. The zero-order chi connectivity index (χ0) is 19.9. The molecule has 1 aromatic rings. The summed E-state index contributed by atoms with van der Waals surface area (Å²) in [7, 11) is 0. The second kappa shape index (κ2) is 13.8. The molecule has 0 saturated heterocycles. The Morgan fingerprint density at radius 1 is 0.731 bits per heavy atom. The molecule has 1 aromatic carbocycles. The SMILES string of the molecule is CC.CCCNC(=O)c1cc(C(=O)NCCO)cc(C(=O)NCCO)c1. The summed E-state index contributed by atoms with van der Waals surface area (Å²) in [6.07, 6.45) is 0.756. The lowest BCUT2D eigenvalue weighted by Crippen LogP contribution is -2.30. The Morgan fingerprint density at radius 2 is 1.04 bits per heavy atom. The van der Waals surface area contributed by atoms with Gasteiger partial charge in [-0.25, -0.2) is 0 Å². The zero-order valence-corrected chi connectivity index (χ0v) is 15.6. The number of carbonyl (C=O) groups is 3. The largest absolute Gasteiger partial charge is 0.395 e. The highest BCUT2D eigenvalue weighted by Gasteiger charge is 2.16. The molecule has 0 unspecified atom stereocenters. The first kappa shape index (κ1) is 23.5. The van der Waals surface area contributed by atoms with Gasteiger partial charge in [0, 0.05) is 36.3 Å². The van der Waals surface area contributed by atoms with Crippen molar-refractivity contribution in [1.29, 1.82) is 0 Å². The minimum absolute atomic E-state index is 0.0666. The first-order valence-electron chi connectivity index (χ1n) is 8.74. The molecule has 5 N–H and O–H groups in total. The van der Waals surface area contributed by atoms with Crippen molar-refractivity contribution in [3.05, 3.63) is 34.9 Å². The van der Waals surface area contributed by atoms with Crippen molar-refractivity contribution in [2.45, 2.75) is 27.2 Å². The van der Waals surface area contributed by atoms with Crippen LogP contribution in [0.3, 0.4) is 0 Å². The summed E-state index contributed by atoms with van der Waals surface area (Å²) >= 11 is 0. The first-order chi connectivity index (χ1) is 12.5. The molecule has 26 heavy (non-hydrogen) atoms. The maximum absolute atomic E-state index is 12.1. The number of hydrogen-bond donors (Lipinski definition) is 5. The van der Waals surface area contributed by atoms with Crippen LogP contribution in [0.5, 0.6) is 0 Å². The fraction of sp³-hybridized carbons (Fsp3) is 0.500. The van der Waals surface area contributed by atoms with Crippen LogP contribution in [-0.4, -0.2) is 60.8 Å². The minimum Gasteiger partial charge on any atom is -0.395 e. The normalized spacial score (nSPS) is 9.58. The molecule has 0 aromatic heterocycles. The molecule has 0 aliphatic heterocycles. The van der Waals surface area contributed by atoms with Crippen LogP contribution in [0.25, 0.3) is 0 Å². The lowest BCUT2D eigenvalue weighted by atomic mass is 10.0. The number of amides is 3.